The highest BCUT2D eigenvalue weighted by atomic mass is 31.2. The molecule has 8 heteroatoms. The van der Waals surface area contributed by atoms with Gasteiger partial charge in [0, 0.05) is 5.39 Å². The van der Waals surface area contributed by atoms with Gasteiger partial charge in [0.15, 0.2) is 14.6 Å². The van der Waals surface area contributed by atoms with Gasteiger partial charge in [0.05, 0.1) is 5.56 Å². The molecule has 112 valence electrons. The van der Waals surface area contributed by atoms with Crippen molar-refractivity contribution >= 4 is 26.4 Å². The fraction of sp³-hybridized carbons (Fsp3) is 0.143. The summed E-state index contributed by atoms with van der Waals surface area (Å²) in [6.45, 7) is 1.13. The monoisotopic (exact) mass is 320 g/mol. The van der Waals surface area contributed by atoms with Crippen LogP contribution in [-0.2, 0) is 9.09 Å². The Hall–Kier alpha value is -1.84. The number of hydrogen-bond acceptors (Lipinski definition) is 3. The molecule has 0 spiro atoms. The number of benzene rings is 2. The van der Waals surface area contributed by atoms with Crippen LogP contribution in [0.15, 0.2) is 24.3 Å². The van der Waals surface area contributed by atoms with Gasteiger partial charge in [-0.05, 0) is 36.1 Å². The summed E-state index contributed by atoms with van der Waals surface area (Å²) in [6, 6.07) is 5.99. The minimum absolute atomic E-state index is 0.190. The van der Waals surface area contributed by atoms with Crippen molar-refractivity contribution in [1.82, 2.24) is 0 Å². The van der Waals surface area contributed by atoms with Crippen molar-refractivity contribution < 1.29 is 28.0 Å². The standard InChI is InChI=1S/C14H11BFO5P/c1-9-6-11(20-8-21-22(17,18)19)7-10-2-3-13(16)12(4-5-15)14(9)10/h2-3,6-7H,8H2,1H3,(H2,17,18,19). The number of halogens is 1. The molecule has 0 aliphatic rings. The Balaban J connectivity index is 2.39. The molecule has 0 atom stereocenters. The number of rotatable bonds is 4. The second kappa shape index (κ2) is 6.51. The van der Waals surface area contributed by atoms with Gasteiger partial charge in [-0.3, -0.25) is 0 Å². The van der Waals surface area contributed by atoms with E-state index in [2.05, 4.69) is 16.3 Å². The van der Waals surface area contributed by atoms with Gasteiger partial charge in [-0.15, -0.1) is 0 Å². The molecule has 22 heavy (non-hydrogen) atoms. The van der Waals surface area contributed by atoms with Crippen molar-refractivity contribution in [2.45, 2.75) is 6.92 Å². The third-order valence-electron chi connectivity index (χ3n) is 2.88. The Labute approximate surface area is 127 Å². The third kappa shape index (κ3) is 3.87. The molecule has 0 aliphatic carbocycles. The van der Waals surface area contributed by atoms with Crippen LogP contribution >= 0.6 is 7.82 Å². The molecule has 0 bridgehead atoms. The number of hydrogen-bond donors (Lipinski definition) is 2. The van der Waals surface area contributed by atoms with Crippen LogP contribution in [0.2, 0.25) is 0 Å². The quantitative estimate of drug-likeness (QED) is 0.391. The van der Waals surface area contributed by atoms with Crippen molar-refractivity contribution in [1.29, 1.82) is 0 Å². The molecule has 2 N–H and O–H groups in total. The Morgan fingerprint density at radius 3 is 2.73 bits per heavy atom. The third-order valence-corrected chi connectivity index (χ3v) is 3.32. The SMILES string of the molecule is [B]C#Cc1c(F)ccc2cc(OCOP(=O)(O)O)cc(C)c12. The molecule has 0 fully saturated rings. The molecule has 0 aliphatic heterocycles. The normalized spacial score (nSPS) is 11.1. The molecule has 5 nitrogen and oxygen atoms in total. The summed E-state index contributed by atoms with van der Waals surface area (Å²) in [6.07, 6.45) is 0. The molecule has 2 radical (unpaired) electrons. The van der Waals surface area contributed by atoms with E-state index in [1.165, 1.54) is 6.07 Å². The van der Waals surface area contributed by atoms with Crippen molar-refractivity contribution in [2.75, 3.05) is 6.79 Å². The average Bonchev–Trinajstić information content (AvgIpc) is 2.40. The Kier molecular flexibility index (Phi) is 4.89. The van der Waals surface area contributed by atoms with Crippen LogP contribution in [0.5, 0.6) is 5.75 Å². The van der Waals surface area contributed by atoms with Crippen molar-refractivity contribution in [3.63, 3.8) is 0 Å². The molecule has 0 aromatic heterocycles. The smallest absolute Gasteiger partial charge is 0.467 e. The predicted molar refractivity (Wildman–Crippen MR) is 79.9 cm³/mol. The van der Waals surface area contributed by atoms with Crippen LogP contribution in [0.4, 0.5) is 4.39 Å². The lowest BCUT2D eigenvalue weighted by Gasteiger charge is -2.11. The van der Waals surface area contributed by atoms with Crippen LogP contribution < -0.4 is 4.74 Å². The Bertz CT molecular complexity index is 821. The maximum Gasteiger partial charge on any atom is 0.472 e. The molecule has 2 aromatic carbocycles. The molecule has 0 saturated heterocycles. The fourth-order valence-electron chi connectivity index (χ4n) is 2.06. The summed E-state index contributed by atoms with van der Waals surface area (Å²) in [4.78, 5) is 17.2. The second-order valence-corrected chi connectivity index (χ2v) is 5.65. The molecule has 0 saturated carbocycles. The highest BCUT2D eigenvalue weighted by molar-refractivity contribution is 7.46. The van der Waals surface area contributed by atoms with Crippen LogP contribution in [0, 0.1) is 24.5 Å². The lowest BCUT2D eigenvalue weighted by molar-refractivity contribution is 0.0830. The van der Waals surface area contributed by atoms with Gasteiger partial charge < -0.3 is 14.5 Å². The van der Waals surface area contributed by atoms with E-state index in [1.807, 2.05) is 0 Å². The summed E-state index contributed by atoms with van der Waals surface area (Å²) >= 11 is 0. The topological polar surface area (TPSA) is 76.0 Å². The van der Waals surface area contributed by atoms with Gasteiger partial charge in [-0.2, -0.15) is 5.82 Å². The zero-order chi connectivity index (χ0) is 16.3. The minimum atomic E-state index is -4.59. The summed E-state index contributed by atoms with van der Waals surface area (Å²) in [7, 11) is 0.571. The van der Waals surface area contributed by atoms with E-state index in [9.17, 15) is 8.96 Å². The van der Waals surface area contributed by atoms with Crippen molar-refractivity contribution in [3.05, 3.63) is 41.2 Å². The van der Waals surface area contributed by atoms with E-state index in [-0.39, 0.29) is 5.56 Å². The zero-order valence-electron chi connectivity index (χ0n) is 11.5. The molecule has 0 unspecified atom stereocenters. The molecule has 2 aromatic rings. The maximum atomic E-state index is 13.8. The van der Waals surface area contributed by atoms with Gasteiger partial charge in [-0.25, -0.2) is 13.5 Å². The van der Waals surface area contributed by atoms with E-state index >= 15 is 0 Å². The number of phosphoric acid groups is 1. The fourth-order valence-corrected chi connectivity index (χ4v) is 2.25. The molecule has 2 rings (SSSR count). The lowest BCUT2D eigenvalue weighted by Crippen LogP contribution is -2.01. The van der Waals surface area contributed by atoms with Crippen molar-refractivity contribution in [3.8, 4) is 17.5 Å². The highest BCUT2D eigenvalue weighted by Gasteiger charge is 2.14. The first-order valence-corrected chi connectivity index (χ1v) is 7.62. The molecular weight excluding hydrogens is 309 g/mol. The van der Waals surface area contributed by atoms with Gasteiger partial charge in [0.25, 0.3) is 0 Å². The summed E-state index contributed by atoms with van der Waals surface area (Å²) in [5.74, 6) is 4.56. The van der Waals surface area contributed by atoms with Crippen LogP contribution in [0.1, 0.15) is 11.1 Å². The largest absolute Gasteiger partial charge is 0.472 e. The van der Waals surface area contributed by atoms with E-state index in [0.29, 0.717) is 22.1 Å². The van der Waals surface area contributed by atoms with E-state index in [0.717, 1.165) is 0 Å². The van der Waals surface area contributed by atoms with E-state index in [1.54, 1.807) is 25.1 Å². The summed E-state index contributed by atoms with van der Waals surface area (Å²) < 4.78 is 33.7. The first kappa shape index (κ1) is 16.5. The zero-order valence-corrected chi connectivity index (χ0v) is 12.4. The highest BCUT2D eigenvalue weighted by Crippen LogP contribution is 2.36. The second-order valence-electron chi connectivity index (χ2n) is 4.41. The summed E-state index contributed by atoms with van der Waals surface area (Å²) in [5.41, 5.74) is 0.872. The van der Waals surface area contributed by atoms with Gasteiger partial charge >= 0.3 is 7.82 Å². The van der Waals surface area contributed by atoms with Crippen LogP contribution in [0.3, 0.4) is 0 Å². The molecule has 0 amide bonds. The Morgan fingerprint density at radius 1 is 1.36 bits per heavy atom. The van der Waals surface area contributed by atoms with Gasteiger partial charge in [0.1, 0.15) is 11.6 Å². The average molecular weight is 320 g/mol. The Morgan fingerprint density at radius 2 is 2.09 bits per heavy atom. The van der Waals surface area contributed by atoms with Gasteiger partial charge in [0.2, 0.25) is 0 Å². The first-order valence-electron chi connectivity index (χ1n) is 6.09. The van der Waals surface area contributed by atoms with E-state index in [4.69, 9.17) is 22.4 Å². The van der Waals surface area contributed by atoms with Crippen molar-refractivity contribution in [2.24, 2.45) is 0 Å². The lowest BCUT2D eigenvalue weighted by atomic mass is 9.98. The van der Waals surface area contributed by atoms with Crippen LogP contribution in [-0.4, -0.2) is 24.4 Å². The first-order chi connectivity index (χ1) is 10.3. The minimum Gasteiger partial charge on any atom is -0.467 e. The van der Waals surface area contributed by atoms with E-state index < -0.39 is 20.4 Å². The summed E-state index contributed by atoms with van der Waals surface area (Å²) in [5, 5.41) is 1.26. The predicted octanol–water partition coefficient (Wildman–Crippen LogP) is 2.21. The maximum absolute atomic E-state index is 13.8. The number of fused-ring (bicyclic) bond motifs is 1. The number of ether oxygens (including phenoxy) is 1. The van der Waals surface area contributed by atoms with Gasteiger partial charge in [-0.1, -0.05) is 12.0 Å². The molecular formula is C14H11BFO5P. The molecule has 0 heterocycles. The van der Waals surface area contributed by atoms with Crippen LogP contribution in [0.25, 0.3) is 10.8 Å². The number of aryl methyl sites for hydroxylation is 1. The number of phosphoric ester groups is 1.